The van der Waals surface area contributed by atoms with Gasteiger partial charge in [0, 0.05) is 31.0 Å². The summed E-state index contributed by atoms with van der Waals surface area (Å²) in [7, 11) is 0. The SMILES string of the molecule is CCOc1ccc(C(=O)N(CC)Cc2ccncc2)cc1OCC. The third kappa shape index (κ3) is 4.47. The number of amides is 1. The number of rotatable bonds is 8. The number of ether oxygens (including phenoxy) is 2. The molecule has 0 aliphatic rings. The molecule has 24 heavy (non-hydrogen) atoms. The summed E-state index contributed by atoms with van der Waals surface area (Å²) in [5.41, 5.74) is 1.65. The molecule has 128 valence electrons. The van der Waals surface area contributed by atoms with Gasteiger partial charge in [0.2, 0.25) is 0 Å². The van der Waals surface area contributed by atoms with Crippen LogP contribution in [0, 0.1) is 0 Å². The monoisotopic (exact) mass is 328 g/mol. The number of carbonyl (C=O) groups is 1. The van der Waals surface area contributed by atoms with Crippen LogP contribution in [0.1, 0.15) is 36.7 Å². The molecule has 2 aromatic rings. The van der Waals surface area contributed by atoms with Crippen LogP contribution in [0.15, 0.2) is 42.7 Å². The number of hydrogen-bond acceptors (Lipinski definition) is 4. The molecule has 1 aromatic heterocycles. The van der Waals surface area contributed by atoms with Crippen molar-refractivity contribution < 1.29 is 14.3 Å². The van der Waals surface area contributed by atoms with Gasteiger partial charge in [-0.3, -0.25) is 9.78 Å². The van der Waals surface area contributed by atoms with Crippen LogP contribution in [-0.2, 0) is 6.54 Å². The van der Waals surface area contributed by atoms with Gasteiger partial charge in [0.1, 0.15) is 0 Å². The molecule has 2 rings (SSSR count). The summed E-state index contributed by atoms with van der Waals surface area (Å²) < 4.78 is 11.2. The third-order valence-corrected chi connectivity index (χ3v) is 3.58. The summed E-state index contributed by atoms with van der Waals surface area (Å²) in [4.78, 5) is 18.6. The molecule has 1 amide bonds. The van der Waals surface area contributed by atoms with Gasteiger partial charge < -0.3 is 14.4 Å². The van der Waals surface area contributed by atoms with Crippen LogP contribution >= 0.6 is 0 Å². The highest BCUT2D eigenvalue weighted by molar-refractivity contribution is 5.94. The zero-order chi connectivity index (χ0) is 17.4. The first-order valence-electron chi connectivity index (χ1n) is 8.27. The molecule has 0 saturated carbocycles. The van der Waals surface area contributed by atoms with E-state index >= 15 is 0 Å². The Balaban J connectivity index is 2.21. The summed E-state index contributed by atoms with van der Waals surface area (Å²) in [5, 5.41) is 0. The van der Waals surface area contributed by atoms with Gasteiger partial charge in [0.25, 0.3) is 5.91 Å². The number of carbonyl (C=O) groups excluding carboxylic acids is 1. The zero-order valence-electron chi connectivity index (χ0n) is 14.5. The fraction of sp³-hybridized carbons (Fsp3) is 0.368. The highest BCUT2D eigenvalue weighted by Crippen LogP contribution is 2.29. The first kappa shape index (κ1) is 17.8. The molecule has 0 atom stereocenters. The predicted molar refractivity (Wildman–Crippen MR) is 93.4 cm³/mol. The maximum Gasteiger partial charge on any atom is 0.254 e. The summed E-state index contributed by atoms with van der Waals surface area (Å²) in [5.74, 6) is 1.23. The van der Waals surface area contributed by atoms with E-state index in [2.05, 4.69) is 4.98 Å². The van der Waals surface area contributed by atoms with Crippen molar-refractivity contribution in [3.63, 3.8) is 0 Å². The lowest BCUT2D eigenvalue weighted by Gasteiger charge is -2.21. The van der Waals surface area contributed by atoms with Crippen LogP contribution in [0.2, 0.25) is 0 Å². The topological polar surface area (TPSA) is 51.7 Å². The van der Waals surface area contributed by atoms with Crippen molar-refractivity contribution in [3.8, 4) is 11.5 Å². The molecule has 0 N–H and O–H groups in total. The van der Waals surface area contributed by atoms with Crippen molar-refractivity contribution in [2.75, 3.05) is 19.8 Å². The van der Waals surface area contributed by atoms with Crippen LogP contribution in [0.4, 0.5) is 0 Å². The number of nitrogens with zero attached hydrogens (tertiary/aromatic N) is 2. The molecule has 1 heterocycles. The molecule has 5 nitrogen and oxygen atoms in total. The highest BCUT2D eigenvalue weighted by Gasteiger charge is 2.17. The van der Waals surface area contributed by atoms with E-state index in [1.54, 1.807) is 35.5 Å². The molecule has 0 bridgehead atoms. The van der Waals surface area contributed by atoms with E-state index in [1.165, 1.54) is 0 Å². The minimum Gasteiger partial charge on any atom is -0.490 e. The van der Waals surface area contributed by atoms with E-state index in [9.17, 15) is 4.79 Å². The maximum absolute atomic E-state index is 12.8. The van der Waals surface area contributed by atoms with Gasteiger partial charge in [-0.25, -0.2) is 0 Å². The Morgan fingerprint density at radius 1 is 1.00 bits per heavy atom. The molecule has 0 unspecified atom stereocenters. The van der Waals surface area contributed by atoms with E-state index in [4.69, 9.17) is 9.47 Å². The highest BCUT2D eigenvalue weighted by atomic mass is 16.5. The summed E-state index contributed by atoms with van der Waals surface area (Å²) in [6.45, 7) is 8.04. The molecular formula is C19H24N2O3. The van der Waals surface area contributed by atoms with Crippen molar-refractivity contribution >= 4 is 5.91 Å². The maximum atomic E-state index is 12.8. The lowest BCUT2D eigenvalue weighted by atomic mass is 10.1. The Kier molecular flexibility index (Phi) is 6.61. The first-order chi connectivity index (χ1) is 11.7. The van der Waals surface area contributed by atoms with Gasteiger partial charge in [-0.15, -0.1) is 0 Å². The van der Waals surface area contributed by atoms with Crippen LogP contribution in [0.25, 0.3) is 0 Å². The van der Waals surface area contributed by atoms with E-state index in [-0.39, 0.29) is 5.91 Å². The average Bonchev–Trinajstić information content (AvgIpc) is 2.62. The minimum absolute atomic E-state index is 0.0293. The Morgan fingerprint density at radius 2 is 1.67 bits per heavy atom. The molecule has 0 aliphatic heterocycles. The van der Waals surface area contributed by atoms with Crippen LogP contribution in [0.3, 0.4) is 0 Å². The normalized spacial score (nSPS) is 10.3. The van der Waals surface area contributed by atoms with Gasteiger partial charge in [0.15, 0.2) is 11.5 Å². The quantitative estimate of drug-likeness (QED) is 0.744. The van der Waals surface area contributed by atoms with Crippen LogP contribution < -0.4 is 9.47 Å². The minimum atomic E-state index is -0.0293. The second-order valence-corrected chi connectivity index (χ2v) is 5.20. The molecule has 0 radical (unpaired) electrons. The van der Waals surface area contributed by atoms with Crippen molar-refractivity contribution in [3.05, 3.63) is 53.9 Å². The lowest BCUT2D eigenvalue weighted by molar-refractivity contribution is 0.0752. The lowest BCUT2D eigenvalue weighted by Crippen LogP contribution is -2.30. The number of aromatic nitrogens is 1. The summed E-state index contributed by atoms with van der Waals surface area (Å²) in [6, 6.07) is 9.17. The second kappa shape index (κ2) is 8.91. The third-order valence-electron chi connectivity index (χ3n) is 3.58. The van der Waals surface area contributed by atoms with Crippen molar-refractivity contribution in [2.45, 2.75) is 27.3 Å². The number of hydrogen-bond donors (Lipinski definition) is 0. The van der Waals surface area contributed by atoms with Gasteiger partial charge in [-0.2, -0.15) is 0 Å². The standard InChI is InChI=1S/C19H24N2O3/c1-4-21(14-15-9-11-20-12-10-15)19(22)16-7-8-17(23-5-2)18(13-16)24-6-3/h7-13H,4-6,14H2,1-3H3. The molecule has 0 aliphatic carbocycles. The molecule has 1 aromatic carbocycles. The largest absolute Gasteiger partial charge is 0.490 e. The smallest absolute Gasteiger partial charge is 0.254 e. The van der Waals surface area contributed by atoms with Crippen molar-refractivity contribution in [1.29, 1.82) is 0 Å². The zero-order valence-corrected chi connectivity index (χ0v) is 14.5. The van der Waals surface area contributed by atoms with E-state index in [0.29, 0.717) is 43.4 Å². The van der Waals surface area contributed by atoms with Crippen LogP contribution in [0.5, 0.6) is 11.5 Å². The van der Waals surface area contributed by atoms with Gasteiger partial charge in [-0.05, 0) is 56.7 Å². The van der Waals surface area contributed by atoms with E-state index in [1.807, 2.05) is 32.9 Å². The Morgan fingerprint density at radius 3 is 2.29 bits per heavy atom. The van der Waals surface area contributed by atoms with Gasteiger partial charge in [0.05, 0.1) is 13.2 Å². The molecule has 5 heteroatoms. The second-order valence-electron chi connectivity index (χ2n) is 5.20. The van der Waals surface area contributed by atoms with Crippen molar-refractivity contribution in [2.24, 2.45) is 0 Å². The van der Waals surface area contributed by atoms with E-state index < -0.39 is 0 Å². The Hall–Kier alpha value is -2.56. The Bertz CT molecular complexity index is 659. The fourth-order valence-electron chi connectivity index (χ4n) is 2.40. The summed E-state index contributed by atoms with van der Waals surface area (Å²) in [6.07, 6.45) is 3.47. The Labute approximate surface area is 143 Å². The van der Waals surface area contributed by atoms with Gasteiger partial charge >= 0.3 is 0 Å². The molecule has 0 fully saturated rings. The average molecular weight is 328 g/mol. The number of pyridine rings is 1. The molecular weight excluding hydrogens is 304 g/mol. The fourth-order valence-corrected chi connectivity index (χ4v) is 2.40. The predicted octanol–water partition coefficient (Wildman–Crippen LogP) is 3.54. The molecule has 0 saturated heterocycles. The van der Waals surface area contributed by atoms with Crippen molar-refractivity contribution in [1.82, 2.24) is 9.88 Å². The number of benzene rings is 1. The van der Waals surface area contributed by atoms with E-state index in [0.717, 1.165) is 5.56 Å². The van der Waals surface area contributed by atoms with Crippen LogP contribution in [-0.4, -0.2) is 35.5 Å². The van der Waals surface area contributed by atoms with Gasteiger partial charge in [-0.1, -0.05) is 0 Å². The first-order valence-corrected chi connectivity index (χ1v) is 8.27. The summed E-state index contributed by atoms with van der Waals surface area (Å²) >= 11 is 0. The molecule has 0 spiro atoms.